The molecule has 0 aliphatic carbocycles. The van der Waals surface area contributed by atoms with Crippen LogP contribution in [0.25, 0.3) is 0 Å². The Bertz CT molecular complexity index is 288. The van der Waals surface area contributed by atoms with Crippen LogP contribution in [0, 0.1) is 0 Å². The minimum absolute atomic E-state index is 0.256. The first-order valence-electron chi connectivity index (χ1n) is 3.65. The van der Waals surface area contributed by atoms with Crippen LogP contribution in [0.5, 0.6) is 0 Å². The molecule has 0 fully saturated rings. The molecule has 0 unspecified atom stereocenters. The molecule has 5 heteroatoms. The van der Waals surface area contributed by atoms with Crippen LogP contribution < -0.4 is 5.32 Å². The second-order valence-electron chi connectivity index (χ2n) is 2.75. The van der Waals surface area contributed by atoms with E-state index in [0.717, 1.165) is 0 Å². The molecule has 2 nitrogen and oxygen atoms in total. The number of rotatable bonds is 0. The Morgan fingerprint density at radius 2 is 2.08 bits per heavy atom. The van der Waals surface area contributed by atoms with Gasteiger partial charge in [-0.1, -0.05) is 6.08 Å². The molecule has 1 heterocycles. The standard InChI is InChI=1S/C8H8F3NO/c1-5-2-3-6(8(9,10)11)4-7(13)12-5/h2,4H,3H2,1H3,(H,12,13). The fourth-order valence-electron chi connectivity index (χ4n) is 0.959. The number of hydrogen-bond acceptors (Lipinski definition) is 1. The molecule has 0 radical (unpaired) electrons. The molecular formula is C8H8F3NO. The lowest BCUT2D eigenvalue weighted by Crippen LogP contribution is -2.19. The highest BCUT2D eigenvalue weighted by Gasteiger charge is 2.33. The smallest absolute Gasteiger partial charge is 0.327 e. The van der Waals surface area contributed by atoms with E-state index in [1.807, 2.05) is 0 Å². The van der Waals surface area contributed by atoms with Crippen molar-refractivity contribution in [3.8, 4) is 0 Å². The summed E-state index contributed by atoms with van der Waals surface area (Å²) in [7, 11) is 0. The van der Waals surface area contributed by atoms with Gasteiger partial charge in [0, 0.05) is 17.3 Å². The molecule has 0 aromatic heterocycles. The molecule has 1 N–H and O–H groups in total. The Balaban J connectivity index is 2.93. The molecule has 0 atom stereocenters. The number of halogens is 3. The molecule has 0 saturated carbocycles. The van der Waals surface area contributed by atoms with Crippen molar-refractivity contribution in [2.24, 2.45) is 0 Å². The number of alkyl halides is 3. The highest BCUT2D eigenvalue weighted by Crippen LogP contribution is 2.29. The molecule has 1 rings (SSSR count). The zero-order chi connectivity index (χ0) is 10.1. The Morgan fingerprint density at radius 1 is 1.46 bits per heavy atom. The molecule has 0 aromatic carbocycles. The van der Waals surface area contributed by atoms with Crippen LogP contribution in [-0.4, -0.2) is 12.1 Å². The third-order valence-electron chi connectivity index (χ3n) is 1.62. The molecular weight excluding hydrogens is 183 g/mol. The van der Waals surface area contributed by atoms with E-state index in [1.54, 1.807) is 6.92 Å². The number of allylic oxidation sites excluding steroid dienone is 3. The third-order valence-corrected chi connectivity index (χ3v) is 1.62. The molecule has 13 heavy (non-hydrogen) atoms. The van der Waals surface area contributed by atoms with Gasteiger partial charge in [0.1, 0.15) is 0 Å². The van der Waals surface area contributed by atoms with Crippen molar-refractivity contribution in [2.75, 3.05) is 0 Å². The van der Waals surface area contributed by atoms with Gasteiger partial charge in [-0.2, -0.15) is 13.2 Å². The maximum absolute atomic E-state index is 12.1. The second kappa shape index (κ2) is 3.24. The fraction of sp³-hybridized carbons (Fsp3) is 0.375. The van der Waals surface area contributed by atoms with Crippen molar-refractivity contribution in [3.63, 3.8) is 0 Å². The number of hydrogen-bond donors (Lipinski definition) is 1. The summed E-state index contributed by atoms with van der Waals surface area (Å²) in [5.41, 5.74) is -0.373. The van der Waals surface area contributed by atoms with Crippen molar-refractivity contribution in [3.05, 3.63) is 23.4 Å². The van der Waals surface area contributed by atoms with Gasteiger partial charge >= 0.3 is 6.18 Å². The lowest BCUT2D eigenvalue weighted by Gasteiger charge is -2.07. The molecule has 0 bridgehead atoms. The van der Waals surface area contributed by atoms with Crippen LogP contribution in [0.15, 0.2) is 23.4 Å². The molecule has 1 aliphatic heterocycles. The zero-order valence-corrected chi connectivity index (χ0v) is 6.90. The Labute approximate surface area is 73.1 Å². The quantitative estimate of drug-likeness (QED) is 0.622. The second-order valence-corrected chi connectivity index (χ2v) is 2.75. The summed E-state index contributed by atoms with van der Waals surface area (Å²) in [4.78, 5) is 10.8. The van der Waals surface area contributed by atoms with E-state index >= 15 is 0 Å². The SMILES string of the molecule is CC1=CCC(C(F)(F)F)=CC(=O)N1. The van der Waals surface area contributed by atoms with Gasteiger partial charge in [-0.3, -0.25) is 4.79 Å². The highest BCUT2D eigenvalue weighted by atomic mass is 19.4. The predicted octanol–water partition coefficient (Wildman–Crippen LogP) is 1.90. The average Bonchev–Trinajstić information content (AvgIpc) is 2.09. The summed E-state index contributed by atoms with van der Waals surface area (Å²) in [6.07, 6.45) is -2.75. The van der Waals surface area contributed by atoms with Crippen LogP contribution in [0.4, 0.5) is 13.2 Å². The van der Waals surface area contributed by atoms with Crippen molar-refractivity contribution >= 4 is 5.91 Å². The lowest BCUT2D eigenvalue weighted by atomic mass is 10.1. The number of nitrogens with one attached hydrogen (secondary N) is 1. The Hall–Kier alpha value is -1.26. The fourth-order valence-corrected chi connectivity index (χ4v) is 0.959. The molecule has 0 spiro atoms. The first kappa shape index (κ1) is 9.83. The summed E-state index contributed by atoms with van der Waals surface area (Å²) in [5, 5.41) is 2.29. The van der Waals surface area contributed by atoms with Crippen molar-refractivity contribution < 1.29 is 18.0 Å². The van der Waals surface area contributed by atoms with Crippen LogP contribution in [0.2, 0.25) is 0 Å². The molecule has 1 aliphatic rings. The van der Waals surface area contributed by atoms with Crippen LogP contribution in [-0.2, 0) is 4.79 Å². The van der Waals surface area contributed by atoms with E-state index in [0.29, 0.717) is 11.8 Å². The Morgan fingerprint density at radius 3 is 2.62 bits per heavy atom. The molecule has 0 saturated heterocycles. The van der Waals surface area contributed by atoms with Gasteiger partial charge in [-0.05, 0) is 13.3 Å². The topological polar surface area (TPSA) is 29.1 Å². The van der Waals surface area contributed by atoms with E-state index in [4.69, 9.17) is 0 Å². The van der Waals surface area contributed by atoms with Gasteiger partial charge in [0.25, 0.3) is 0 Å². The van der Waals surface area contributed by atoms with Gasteiger partial charge in [-0.25, -0.2) is 0 Å². The van der Waals surface area contributed by atoms with E-state index in [9.17, 15) is 18.0 Å². The number of carbonyl (C=O) groups excluding carboxylic acids is 1. The number of carbonyl (C=O) groups is 1. The van der Waals surface area contributed by atoms with Gasteiger partial charge in [0.05, 0.1) is 0 Å². The van der Waals surface area contributed by atoms with E-state index in [1.165, 1.54) is 6.08 Å². The van der Waals surface area contributed by atoms with Crippen molar-refractivity contribution in [1.82, 2.24) is 5.32 Å². The van der Waals surface area contributed by atoms with E-state index in [2.05, 4.69) is 5.32 Å². The number of amides is 1. The summed E-state index contributed by atoms with van der Waals surface area (Å²) in [6, 6.07) is 0. The normalized spacial score (nSPS) is 18.6. The Kier molecular flexibility index (Phi) is 2.45. The summed E-state index contributed by atoms with van der Waals surface area (Å²) in [5.74, 6) is -0.724. The minimum atomic E-state index is -4.42. The minimum Gasteiger partial charge on any atom is -0.327 e. The molecule has 0 aromatic rings. The van der Waals surface area contributed by atoms with Crippen LogP contribution >= 0.6 is 0 Å². The monoisotopic (exact) mass is 191 g/mol. The molecule has 72 valence electrons. The lowest BCUT2D eigenvalue weighted by molar-refractivity contribution is -0.117. The largest absolute Gasteiger partial charge is 0.413 e. The molecule has 1 amide bonds. The maximum Gasteiger partial charge on any atom is 0.413 e. The summed E-state index contributed by atoms with van der Waals surface area (Å²) in [6.45, 7) is 1.55. The predicted molar refractivity (Wildman–Crippen MR) is 40.7 cm³/mol. The van der Waals surface area contributed by atoms with Crippen LogP contribution in [0.3, 0.4) is 0 Å². The summed E-state index contributed by atoms with van der Waals surface area (Å²) < 4.78 is 36.4. The first-order chi connectivity index (χ1) is 5.89. The summed E-state index contributed by atoms with van der Waals surface area (Å²) >= 11 is 0. The highest BCUT2D eigenvalue weighted by molar-refractivity contribution is 5.90. The van der Waals surface area contributed by atoms with Gasteiger partial charge < -0.3 is 5.32 Å². The zero-order valence-electron chi connectivity index (χ0n) is 6.90. The maximum atomic E-state index is 12.1. The van der Waals surface area contributed by atoms with E-state index < -0.39 is 17.7 Å². The van der Waals surface area contributed by atoms with E-state index in [-0.39, 0.29) is 6.42 Å². The van der Waals surface area contributed by atoms with Crippen LogP contribution in [0.1, 0.15) is 13.3 Å². The third kappa shape index (κ3) is 2.61. The van der Waals surface area contributed by atoms with Gasteiger partial charge in [-0.15, -0.1) is 0 Å². The van der Waals surface area contributed by atoms with Gasteiger partial charge in [0.2, 0.25) is 5.91 Å². The first-order valence-corrected chi connectivity index (χ1v) is 3.65. The average molecular weight is 191 g/mol. The van der Waals surface area contributed by atoms with Gasteiger partial charge in [0.15, 0.2) is 0 Å². The van der Waals surface area contributed by atoms with Crippen molar-refractivity contribution in [2.45, 2.75) is 19.5 Å². The van der Waals surface area contributed by atoms with Crippen molar-refractivity contribution in [1.29, 1.82) is 0 Å².